The summed E-state index contributed by atoms with van der Waals surface area (Å²) in [5, 5.41) is 14.3. The van der Waals surface area contributed by atoms with E-state index in [9.17, 15) is 5.11 Å². The second-order valence-electron chi connectivity index (χ2n) is 3.85. The topological polar surface area (TPSA) is 48.0 Å². The monoisotopic (exact) mass is 230 g/mol. The Morgan fingerprint density at radius 1 is 1.33 bits per heavy atom. The Balaban J connectivity index is 0.00000112. The van der Waals surface area contributed by atoms with E-state index in [-0.39, 0.29) is 57.3 Å². The average molecular weight is 230 g/mol. The van der Waals surface area contributed by atoms with Crippen molar-refractivity contribution in [2.24, 2.45) is 0 Å². The fraction of sp³-hybridized carbons (Fsp3) is 0.545. The average Bonchev–Trinajstić information content (AvgIpc) is 2.19. The van der Waals surface area contributed by atoms with Gasteiger partial charge in [0.2, 0.25) is 0 Å². The molecule has 1 N–H and O–H groups in total. The van der Waals surface area contributed by atoms with Crippen molar-refractivity contribution in [3.63, 3.8) is 0 Å². The van der Waals surface area contributed by atoms with Gasteiger partial charge in [0, 0.05) is 5.69 Å². The van der Waals surface area contributed by atoms with Gasteiger partial charge in [0.25, 0.3) is 0 Å². The molecule has 4 heteroatoms. The van der Waals surface area contributed by atoms with Gasteiger partial charge in [0.1, 0.15) is 0 Å². The summed E-state index contributed by atoms with van der Waals surface area (Å²) >= 11 is 0. The Morgan fingerprint density at radius 2 is 2.00 bits per heavy atom. The van der Waals surface area contributed by atoms with Gasteiger partial charge in [-0.25, -0.2) is 0 Å². The van der Waals surface area contributed by atoms with Crippen LogP contribution in [-0.4, -0.2) is 18.1 Å². The molecule has 0 saturated carbocycles. The Bertz CT molecular complexity index is 324. The molecule has 0 aromatic carbocycles. The number of pyridine rings is 1. The predicted octanol–water partition coefficient (Wildman–Crippen LogP) is -2.07. The van der Waals surface area contributed by atoms with E-state index in [1.54, 1.807) is 6.07 Å². The molecule has 0 bridgehead atoms. The van der Waals surface area contributed by atoms with Gasteiger partial charge in [-0.15, -0.1) is 0 Å². The molecule has 2 rings (SSSR count). The summed E-state index contributed by atoms with van der Waals surface area (Å²) in [6.45, 7) is 4.07. The smallest absolute Gasteiger partial charge is 0.859 e. The van der Waals surface area contributed by atoms with Crippen molar-refractivity contribution < 1.29 is 56.5 Å². The predicted molar refractivity (Wildman–Crippen MR) is 53.3 cm³/mol. The minimum Gasteiger partial charge on any atom is -0.859 e. The van der Waals surface area contributed by atoms with Crippen molar-refractivity contribution in [3.8, 4) is 5.88 Å². The number of hydrogen-bond donors (Lipinski definition) is 1. The molecule has 76 valence electrons. The summed E-state index contributed by atoms with van der Waals surface area (Å²) in [6, 6.07) is 3.52. The molecule has 0 amide bonds. The molecule has 1 aromatic heterocycles. The van der Waals surface area contributed by atoms with E-state index < -0.39 is 0 Å². The third kappa shape index (κ3) is 3.51. The van der Waals surface area contributed by atoms with Crippen LogP contribution in [0, 0.1) is 6.92 Å². The van der Waals surface area contributed by atoms with Crippen LogP contribution in [-0.2, 0) is 0 Å². The normalized spacial score (nSPS) is 17.1. The van der Waals surface area contributed by atoms with Crippen LogP contribution in [0.25, 0.3) is 0 Å². The fourth-order valence-electron chi connectivity index (χ4n) is 2.11. The third-order valence-electron chi connectivity index (χ3n) is 2.88. The second-order valence-corrected chi connectivity index (χ2v) is 3.85. The molecule has 3 nitrogen and oxygen atoms in total. The first-order chi connectivity index (χ1) is 6.77. The molecule has 2 heterocycles. The van der Waals surface area contributed by atoms with Gasteiger partial charge >= 0.3 is 51.4 Å². The van der Waals surface area contributed by atoms with Crippen LogP contribution in [0.5, 0.6) is 5.88 Å². The Morgan fingerprint density at radius 3 is 2.60 bits per heavy atom. The molecule has 15 heavy (non-hydrogen) atoms. The number of nitrogens with one attached hydrogen (secondary N) is 1. The van der Waals surface area contributed by atoms with Gasteiger partial charge in [-0.05, 0) is 50.2 Å². The summed E-state index contributed by atoms with van der Waals surface area (Å²) in [4.78, 5) is 3.97. The van der Waals surface area contributed by atoms with Gasteiger partial charge in [0.05, 0.1) is 0 Å². The van der Waals surface area contributed by atoms with Crippen LogP contribution in [0.15, 0.2) is 12.1 Å². The molecule has 0 aliphatic carbocycles. The molecule has 1 aliphatic rings. The van der Waals surface area contributed by atoms with Crippen molar-refractivity contribution in [1.29, 1.82) is 0 Å². The number of piperidine rings is 1. The SMILES string of the molecule is Cc1nc([O-])ccc1C1CCNCC1.[K+]. The summed E-state index contributed by atoms with van der Waals surface area (Å²) in [5.41, 5.74) is 2.16. The van der Waals surface area contributed by atoms with Crippen LogP contribution in [0.4, 0.5) is 0 Å². The summed E-state index contributed by atoms with van der Waals surface area (Å²) in [7, 11) is 0. The zero-order chi connectivity index (χ0) is 9.97. The molecule has 1 aromatic rings. The van der Waals surface area contributed by atoms with E-state index in [1.165, 1.54) is 5.56 Å². The summed E-state index contributed by atoms with van der Waals surface area (Å²) in [5.74, 6) is 0.463. The van der Waals surface area contributed by atoms with Crippen LogP contribution < -0.4 is 61.8 Å². The zero-order valence-electron chi connectivity index (χ0n) is 9.42. The van der Waals surface area contributed by atoms with Crippen molar-refractivity contribution in [2.75, 3.05) is 13.1 Å². The first-order valence-electron chi connectivity index (χ1n) is 5.12. The fourth-order valence-corrected chi connectivity index (χ4v) is 2.11. The summed E-state index contributed by atoms with van der Waals surface area (Å²) in [6.07, 6.45) is 2.31. The summed E-state index contributed by atoms with van der Waals surface area (Å²) < 4.78 is 0. The van der Waals surface area contributed by atoms with Crippen LogP contribution in [0.3, 0.4) is 0 Å². The Kier molecular flexibility index (Phi) is 5.74. The van der Waals surface area contributed by atoms with E-state index in [0.29, 0.717) is 5.92 Å². The van der Waals surface area contributed by atoms with E-state index in [2.05, 4.69) is 10.3 Å². The van der Waals surface area contributed by atoms with Gasteiger partial charge in [0.15, 0.2) is 0 Å². The van der Waals surface area contributed by atoms with Crippen molar-refractivity contribution in [3.05, 3.63) is 23.4 Å². The number of aromatic nitrogens is 1. The number of aryl methyl sites for hydroxylation is 1. The van der Waals surface area contributed by atoms with Crippen molar-refractivity contribution in [2.45, 2.75) is 25.7 Å². The van der Waals surface area contributed by atoms with E-state index in [4.69, 9.17) is 0 Å². The number of hydrogen-bond acceptors (Lipinski definition) is 3. The van der Waals surface area contributed by atoms with Crippen molar-refractivity contribution in [1.82, 2.24) is 10.3 Å². The molecule has 0 unspecified atom stereocenters. The van der Waals surface area contributed by atoms with Gasteiger partial charge in [-0.2, -0.15) is 0 Å². The molecular weight excluding hydrogens is 215 g/mol. The standard InChI is InChI=1S/C11H16N2O.K/c1-8-10(2-3-11(14)13-8)9-4-6-12-7-5-9;/h2-3,9,12H,4-7H2,1H3,(H,13,14);/q;+1/p-1. The second kappa shape index (κ2) is 6.32. The van der Waals surface area contributed by atoms with Gasteiger partial charge < -0.3 is 10.4 Å². The molecule has 1 fully saturated rings. The maximum atomic E-state index is 11.0. The molecule has 0 spiro atoms. The molecule has 1 saturated heterocycles. The maximum Gasteiger partial charge on any atom is 1.00 e. The van der Waals surface area contributed by atoms with Crippen molar-refractivity contribution >= 4 is 0 Å². The first kappa shape index (κ1) is 13.6. The largest absolute Gasteiger partial charge is 1.00 e. The van der Waals surface area contributed by atoms with Crippen LogP contribution in [0.2, 0.25) is 0 Å². The van der Waals surface area contributed by atoms with Gasteiger partial charge in [-0.3, -0.25) is 4.98 Å². The minimum atomic E-state index is -0.125. The number of nitrogens with zero attached hydrogens (tertiary/aromatic N) is 1. The molecule has 0 radical (unpaired) electrons. The molecular formula is C11H15KN2O. The molecule has 1 aliphatic heterocycles. The first-order valence-corrected chi connectivity index (χ1v) is 5.12. The third-order valence-corrected chi connectivity index (χ3v) is 2.88. The maximum absolute atomic E-state index is 11.0. The van der Waals surface area contributed by atoms with Crippen LogP contribution >= 0.6 is 0 Å². The Labute approximate surface area is 133 Å². The van der Waals surface area contributed by atoms with Gasteiger partial charge in [-0.1, -0.05) is 12.1 Å². The quantitative estimate of drug-likeness (QED) is 0.564. The van der Waals surface area contributed by atoms with E-state index >= 15 is 0 Å². The number of rotatable bonds is 1. The minimum absolute atomic E-state index is 0. The van der Waals surface area contributed by atoms with E-state index in [1.807, 2.05) is 13.0 Å². The zero-order valence-corrected chi connectivity index (χ0v) is 12.5. The molecule has 0 atom stereocenters. The van der Waals surface area contributed by atoms with E-state index in [0.717, 1.165) is 31.6 Å². The van der Waals surface area contributed by atoms with Crippen LogP contribution in [0.1, 0.15) is 30.0 Å². The Hall–Kier alpha value is 0.546.